The van der Waals surface area contributed by atoms with Crippen LogP contribution in [-0.2, 0) is 4.79 Å². The quantitative estimate of drug-likeness (QED) is 0.299. The molecule has 0 unspecified atom stereocenters. The Hall–Kier alpha value is -4.39. The summed E-state index contributed by atoms with van der Waals surface area (Å²) >= 11 is 0. The van der Waals surface area contributed by atoms with E-state index in [1.807, 2.05) is 6.07 Å². The van der Waals surface area contributed by atoms with E-state index in [4.69, 9.17) is 5.73 Å². The Labute approximate surface area is 171 Å². The van der Waals surface area contributed by atoms with E-state index in [9.17, 15) is 14.7 Å². The van der Waals surface area contributed by atoms with Gasteiger partial charge in [-0.2, -0.15) is 0 Å². The van der Waals surface area contributed by atoms with Gasteiger partial charge in [-0.25, -0.2) is 9.78 Å². The number of aliphatic carboxylic acids is 1. The van der Waals surface area contributed by atoms with Crippen LogP contribution < -0.4 is 11.1 Å². The number of nitrogens with one attached hydrogen (secondary N) is 2. The van der Waals surface area contributed by atoms with Crippen LogP contribution in [0.4, 0.5) is 11.4 Å². The molecule has 30 heavy (non-hydrogen) atoms. The smallest absolute Gasteiger partial charge is 0.336 e. The van der Waals surface area contributed by atoms with Crippen LogP contribution in [0.5, 0.6) is 0 Å². The number of nitrogens with two attached hydrogens (primary N) is 1. The van der Waals surface area contributed by atoms with Gasteiger partial charge in [-0.3, -0.25) is 4.79 Å². The van der Waals surface area contributed by atoms with E-state index in [2.05, 4.69) is 15.3 Å². The van der Waals surface area contributed by atoms with Crippen molar-refractivity contribution < 1.29 is 14.7 Å². The molecule has 5 N–H and O–H groups in total. The van der Waals surface area contributed by atoms with Gasteiger partial charge in [0.15, 0.2) is 0 Å². The van der Waals surface area contributed by atoms with Crippen LogP contribution in [0.15, 0.2) is 73.1 Å². The fourth-order valence-corrected chi connectivity index (χ4v) is 3.14. The first-order valence-corrected chi connectivity index (χ1v) is 9.16. The number of aromatic nitrogens is 2. The Balaban J connectivity index is 1.69. The molecule has 2 heterocycles. The second-order valence-corrected chi connectivity index (χ2v) is 6.67. The number of nitrogen functional groups attached to an aromatic ring is 1. The van der Waals surface area contributed by atoms with Gasteiger partial charge in [0.2, 0.25) is 0 Å². The number of hydrogen-bond donors (Lipinski definition) is 4. The highest BCUT2D eigenvalue weighted by molar-refractivity contribution is 6.21. The topological polar surface area (TPSA) is 121 Å². The van der Waals surface area contributed by atoms with Crippen molar-refractivity contribution >= 4 is 45.9 Å². The highest BCUT2D eigenvalue weighted by Crippen LogP contribution is 2.26. The summed E-state index contributed by atoms with van der Waals surface area (Å²) in [7, 11) is 0. The number of aromatic amines is 1. The molecule has 1 amide bonds. The van der Waals surface area contributed by atoms with Crippen molar-refractivity contribution in [1.29, 1.82) is 0 Å². The Morgan fingerprint density at radius 2 is 1.80 bits per heavy atom. The number of carboxylic acid groups (broad SMARTS) is 1. The maximum absolute atomic E-state index is 12.5. The van der Waals surface area contributed by atoms with Crippen molar-refractivity contribution in [3.05, 3.63) is 89.7 Å². The van der Waals surface area contributed by atoms with Gasteiger partial charge in [0.25, 0.3) is 5.91 Å². The number of pyridine rings is 1. The number of anilines is 2. The average Bonchev–Trinajstić information content (AvgIpc) is 3.14. The number of fused-ring (bicyclic) bond motifs is 1. The summed E-state index contributed by atoms with van der Waals surface area (Å²) in [4.78, 5) is 31.6. The number of carbonyl (C=O) groups excluding carboxylic acids is 1. The van der Waals surface area contributed by atoms with Crippen LogP contribution in [0.25, 0.3) is 22.7 Å². The molecule has 0 bridgehead atoms. The predicted molar refractivity (Wildman–Crippen MR) is 117 cm³/mol. The van der Waals surface area contributed by atoms with E-state index in [1.165, 1.54) is 6.20 Å². The summed E-state index contributed by atoms with van der Waals surface area (Å²) < 4.78 is 0. The van der Waals surface area contributed by atoms with Crippen molar-refractivity contribution in [2.45, 2.75) is 0 Å². The van der Waals surface area contributed by atoms with Crippen LogP contribution >= 0.6 is 0 Å². The van der Waals surface area contributed by atoms with Gasteiger partial charge in [0, 0.05) is 28.4 Å². The normalized spacial score (nSPS) is 11.4. The standard InChI is InChI=1S/C23H18N4O3/c24-17-8-4-7-15(9-17)22(28)27-18-11-19-16(12-25-21(19)26-13-18)10-20(23(29)30)14-5-2-1-3-6-14/h1-13H,24H2,(H,25,26)(H,27,28)(H,29,30). The summed E-state index contributed by atoms with van der Waals surface area (Å²) in [5, 5.41) is 13.1. The van der Waals surface area contributed by atoms with Crippen molar-refractivity contribution in [3.63, 3.8) is 0 Å². The molecular formula is C23H18N4O3. The first-order valence-electron chi connectivity index (χ1n) is 9.16. The summed E-state index contributed by atoms with van der Waals surface area (Å²) in [6, 6.07) is 17.3. The molecule has 0 aliphatic heterocycles. The first kappa shape index (κ1) is 18.9. The van der Waals surface area contributed by atoms with E-state index < -0.39 is 5.97 Å². The van der Waals surface area contributed by atoms with E-state index in [-0.39, 0.29) is 11.5 Å². The number of benzene rings is 2. The van der Waals surface area contributed by atoms with E-state index in [1.54, 1.807) is 66.9 Å². The zero-order valence-electron chi connectivity index (χ0n) is 15.8. The fourth-order valence-electron chi connectivity index (χ4n) is 3.14. The summed E-state index contributed by atoms with van der Waals surface area (Å²) in [5.41, 5.74) is 9.14. The monoisotopic (exact) mass is 398 g/mol. The van der Waals surface area contributed by atoms with Crippen molar-refractivity contribution in [2.24, 2.45) is 0 Å². The molecule has 4 rings (SSSR count). The molecule has 2 aromatic carbocycles. The lowest BCUT2D eigenvalue weighted by atomic mass is 10.0. The van der Waals surface area contributed by atoms with E-state index >= 15 is 0 Å². The van der Waals surface area contributed by atoms with Gasteiger partial charge in [-0.1, -0.05) is 36.4 Å². The lowest BCUT2D eigenvalue weighted by Gasteiger charge is -2.06. The maximum atomic E-state index is 12.5. The molecule has 0 aliphatic rings. The van der Waals surface area contributed by atoms with E-state index in [0.717, 1.165) is 0 Å². The largest absolute Gasteiger partial charge is 0.478 e. The molecule has 7 heteroatoms. The molecule has 0 fully saturated rings. The molecule has 4 aromatic rings. The zero-order valence-corrected chi connectivity index (χ0v) is 15.8. The third-order valence-electron chi connectivity index (χ3n) is 4.58. The molecule has 0 atom stereocenters. The SMILES string of the molecule is Nc1cccc(C(=O)Nc2cnc3[nH]cc(C=C(C(=O)O)c4ccccc4)c3c2)c1. The number of rotatable bonds is 5. The molecule has 0 spiro atoms. The number of hydrogen-bond acceptors (Lipinski definition) is 4. The van der Waals surface area contributed by atoms with Crippen LogP contribution in [0.3, 0.4) is 0 Å². The Morgan fingerprint density at radius 1 is 1.03 bits per heavy atom. The molecule has 2 aromatic heterocycles. The van der Waals surface area contributed by atoms with Gasteiger partial charge >= 0.3 is 5.97 Å². The van der Waals surface area contributed by atoms with E-state index in [0.29, 0.717) is 39.1 Å². The average molecular weight is 398 g/mol. The molecule has 0 saturated heterocycles. The summed E-state index contributed by atoms with van der Waals surface area (Å²) in [6.45, 7) is 0. The molecule has 0 radical (unpaired) electrons. The van der Waals surface area contributed by atoms with Crippen LogP contribution in [0, 0.1) is 0 Å². The lowest BCUT2D eigenvalue weighted by molar-refractivity contribution is -0.130. The van der Waals surface area contributed by atoms with Crippen LogP contribution in [0.2, 0.25) is 0 Å². The Bertz CT molecular complexity index is 1280. The fraction of sp³-hybridized carbons (Fsp3) is 0. The van der Waals surface area contributed by atoms with Gasteiger partial charge in [-0.05, 0) is 35.9 Å². The highest BCUT2D eigenvalue weighted by atomic mass is 16.4. The zero-order chi connectivity index (χ0) is 21.1. The second kappa shape index (κ2) is 7.92. The molecular weight excluding hydrogens is 380 g/mol. The highest BCUT2D eigenvalue weighted by Gasteiger charge is 2.13. The minimum Gasteiger partial charge on any atom is -0.478 e. The number of nitrogens with zero attached hydrogens (tertiary/aromatic N) is 1. The van der Waals surface area contributed by atoms with Crippen LogP contribution in [0.1, 0.15) is 21.5 Å². The Kier molecular flexibility index (Phi) is 5.00. The second-order valence-electron chi connectivity index (χ2n) is 6.67. The van der Waals surface area contributed by atoms with Gasteiger partial charge < -0.3 is 21.1 Å². The predicted octanol–water partition coefficient (Wildman–Crippen LogP) is 4.02. The molecule has 148 valence electrons. The van der Waals surface area contributed by atoms with Crippen LogP contribution in [-0.4, -0.2) is 27.0 Å². The summed E-state index contributed by atoms with van der Waals surface area (Å²) in [6.07, 6.45) is 4.81. The van der Waals surface area contributed by atoms with Gasteiger partial charge in [-0.15, -0.1) is 0 Å². The lowest BCUT2D eigenvalue weighted by Crippen LogP contribution is -2.12. The summed E-state index contributed by atoms with van der Waals surface area (Å²) in [5.74, 6) is -1.35. The van der Waals surface area contributed by atoms with Gasteiger partial charge in [0.1, 0.15) is 5.65 Å². The molecule has 0 aliphatic carbocycles. The third-order valence-corrected chi connectivity index (χ3v) is 4.58. The van der Waals surface area contributed by atoms with Crippen molar-refractivity contribution in [2.75, 3.05) is 11.1 Å². The maximum Gasteiger partial charge on any atom is 0.336 e. The minimum atomic E-state index is -1.03. The Morgan fingerprint density at radius 3 is 2.53 bits per heavy atom. The first-order chi connectivity index (χ1) is 14.5. The number of carbonyl (C=O) groups is 2. The number of H-pyrrole nitrogens is 1. The van der Waals surface area contributed by atoms with Crippen molar-refractivity contribution in [3.8, 4) is 0 Å². The number of amides is 1. The molecule has 7 nitrogen and oxygen atoms in total. The van der Waals surface area contributed by atoms with Crippen molar-refractivity contribution in [1.82, 2.24) is 9.97 Å². The van der Waals surface area contributed by atoms with Gasteiger partial charge in [0.05, 0.1) is 17.5 Å². The molecule has 0 saturated carbocycles. The minimum absolute atomic E-state index is 0.158. The third kappa shape index (κ3) is 3.90. The number of carboxylic acids is 1.